The predicted octanol–water partition coefficient (Wildman–Crippen LogP) is 3.32. The third-order valence-corrected chi connectivity index (χ3v) is 7.46. The molecular weight excluding hydrogens is 464 g/mol. The molecule has 3 aromatic carbocycles. The number of aryl methyl sites for hydroxylation is 3. The molecule has 3 heterocycles. The second-order valence-electron chi connectivity index (χ2n) is 8.79. The Labute approximate surface area is 200 Å². The lowest BCUT2D eigenvalue weighted by atomic mass is 10.1. The van der Waals surface area contributed by atoms with Gasteiger partial charge in [0.2, 0.25) is 10.0 Å². The fourth-order valence-corrected chi connectivity index (χ4v) is 5.27. The van der Waals surface area contributed by atoms with E-state index in [4.69, 9.17) is 10.1 Å². The fourth-order valence-electron chi connectivity index (χ4n) is 4.73. The van der Waals surface area contributed by atoms with Crippen molar-refractivity contribution in [1.82, 2.24) is 23.7 Å². The monoisotopic (exact) mass is 486 g/mol. The number of nitrogens with one attached hydrogen (secondary N) is 1. The van der Waals surface area contributed by atoms with Gasteiger partial charge in [-0.1, -0.05) is 12.1 Å². The maximum atomic E-state index is 12.5. The van der Waals surface area contributed by atoms with Gasteiger partial charge in [0.25, 0.3) is 0 Å². The number of aromatic amines is 1. The molecule has 0 saturated heterocycles. The molecule has 6 aromatic rings. The van der Waals surface area contributed by atoms with Gasteiger partial charge in [0.1, 0.15) is 5.82 Å². The summed E-state index contributed by atoms with van der Waals surface area (Å²) in [5.74, 6) is 0.641. The van der Waals surface area contributed by atoms with Crippen LogP contribution in [0.5, 0.6) is 0 Å². The maximum absolute atomic E-state index is 12.5. The van der Waals surface area contributed by atoms with Gasteiger partial charge in [-0.3, -0.25) is 13.7 Å². The Kier molecular flexibility index (Phi) is 4.38. The zero-order valence-corrected chi connectivity index (χ0v) is 20.1. The molecule has 0 atom stereocenters. The quantitative estimate of drug-likeness (QED) is 0.399. The molecule has 3 aromatic heterocycles. The van der Waals surface area contributed by atoms with E-state index < -0.39 is 10.0 Å². The number of benzene rings is 3. The summed E-state index contributed by atoms with van der Waals surface area (Å²) < 4.78 is 29.3. The Morgan fingerprint density at radius 2 is 1.69 bits per heavy atom. The Balaban J connectivity index is 1.73. The highest BCUT2D eigenvalue weighted by Crippen LogP contribution is 2.35. The number of imidazole rings is 2. The summed E-state index contributed by atoms with van der Waals surface area (Å²) >= 11 is 0. The Morgan fingerprint density at radius 1 is 0.914 bits per heavy atom. The molecule has 35 heavy (non-hydrogen) atoms. The summed E-state index contributed by atoms with van der Waals surface area (Å²) in [4.78, 5) is 20.7. The number of hydrogen-bond donors (Lipinski definition) is 2. The van der Waals surface area contributed by atoms with Gasteiger partial charge in [-0.05, 0) is 55.0 Å². The average molecular weight is 487 g/mol. The highest BCUT2D eigenvalue weighted by atomic mass is 32.2. The molecule has 0 radical (unpaired) electrons. The van der Waals surface area contributed by atoms with Crippen molar-refractivity contribution in [1.29, 1.82) is 0 Å². The van der Waals surface area contributed by atoms with Gasteiger partial charge in [-0.15, -0.1) is 0 Å². The van der Waals surface area contributed by atoms with Crippen LogP contribution in [-0.4, -0.2) is 32.1 Å². The minimum Gasteiger partial charge on any atom is -0.360 e. The first-order chi connectivity index (χ1) is 16.6. The van der Waals surface area contributed by atoms with Gasteiger partial charge in [0.05, 0.1) is 27.0 Å². The number of sulfonamides is 1. The molecule has 0 saturated carbocycles. The Hall–Kier alpha value is -4.15. The number of primary sulfonamides is 1. The van der Waals surface area contributed by atoms with E-state index in [-0.39, 0.29) is 10.6 Å². The van der Waals surface area contributed by atoms with Crippen LogP contribution in [0.2, 0.25) is 0 Å². The van der Waals surface area contributed by atoms with Crippen LogP contribution in [-0.2, 0) is 24.1 Å². The van der Waals surface area contributed by atoms with Crippen LogP contribution in [0, 0.1) is 6.92 Å². The highest BCUT2D eigenvalue weighted by molar-refractivity contribution is 7.89. The molecule has 9 nitrogen and oxygen atoms in total. The molecule has 0 aliphatic heterocycles. The standard InChI is InChI=1S/C25H22N6O3S/c1-14-4-7-17-18(13-27-20(17)10-14)24-28-19-8-6-16(35(26,33)34)12-22(19)31(24)15-5-9-21-23(11-15)30(3)25(32)29(21)2/h4-13,27H,1-3H3,(H2,26,33,34). The SMILES string of the molecule is Cc1ccc2c(-c3nc4ccc(S(N)(=O)=O)cc4n3-c3ccc4c(c3)n(C)c(=O)n4C)c[nH]c2c1. The fraction of sp³-hybridized carbons (Fsp3) is 0.120. The van der Waals surface area contributed by atoms with Crippen molar-refractivity contribution in [2.24, 2.45) is 19.2 Å². The molecule has 0 amide bonds. The summed E-state index contributed by atoms with van der Waals surface area (Å²) in [5, 5.41) is 6.43. The summed E-state index contributed by atoms with van der Waals surface area (Å²) in [6.07, 6.45) is 1.90. The van der Waals surface area contributed by atoms with E-state index in [9.17, 15) is 13.2 Å². The number of H-pyrrole nitrogens is 1. The molecule has 3 N–H and O–H groups in total. The minimum atomic E-state index is -3.92. The van der Waals surface area contributed by atoms with Crippen LogP contribution in [0.1, 0.15) is 5.56 Å². The molecule has 0 unspecified atom stereocenters. The first kappa shape index (κ1) is 21.4. The van der Waals surface area contributed by atoms with E-state index in [2.05, 4.69) is 11.1 Å². The molecule has 0 aliphatic rings. The molecule has 6 rings (SSSR count). The van der Waals surface area contributed by atoms with Crippen molar-refractivity contribution in [2.75, 3.05) is 0 Å². The Bertz CT molecular complexity index is 1990. The van der Waals surface area contributed by atoms with E-state index in [0.29, 0.717) is 16.9 Å². The number of nitrogens with zero attached hydrogens (tertiary/aromatic N) is 4. The lowest BCUT2D eigenvalue weighted by Gasteiger charge is -2.11. The van der Waals surface area contributed by atoms with Crippen molar-refractivity contribution >= 4 is 43.0 Å². The van der Waals surface area contributed by atoms with Crippen LogP contribution in [0.25, 0.3) is 50.0 Å². The molecule has 0 fully saturated rings. The Morgan fingerprint density at radius 3 is 2.46 bits per heavy atom. The molecule has 0 spiro atoms. The van der Waals surface area contributed by atoms with E-state index in [1.807, 2.05) is 48.0 Å². The number of hydrogen-bond acceptors (Lipinski definition) is 4. The van der Waals surface area contributed by atoms with Crippen LogP contribution in [0.4, 0.5) is 0 Å². The summed E-state index contributed by atoms with van der Waals surface area (Å²) in [6.45, 7) is 2.03. The number of fused-ring (bicyclic) bond motifs is 3. The second-order valence-corrected chi connectivity index (χ2v) is 10.4. The van der Waals surface area contributed by atoms with Gasteiger partial charge < -0.3 is 4.98 Å². The second kappa shape index (κ2) is 7.17. The topological polar surface area (TPSA) is 121 Å². The van der Waals surface area contributed by atoms with Crippen LogP contribution >= 0.6 is 0 Å². The molecule has 176 valence electrons. The van der Waals surface area contributed by atoms with Crippen molar-refractivity contribution in [3.8, 4) is 17.1 Å². The number of rotatable bonds is 3. The van der Waals surface area contributed by atoms with Gasteiger partial charge >= 0.3 is 5.69 Å². The smallest absolute Gasteiger partial charge is 0.328 e. The van der Waals surface area contributed by atoms with Gasteiger partial charge in [-0.2, -0.15) is 0 Å². The molecule has 0 aliphatic carbocycles. The lowest BCUT2D eigenvalue weighted by molar-refractivity contribution is 0.598. The van der Waals surface area contributed by atoms with Gasteiger partial charge in [0.15, 0.2) is 0 Å². The number of aromatic nitrogens is 5. The van der Waals surface area contributed by atoms with Crippen molar-refractivity contribution in [2.45, 2.75) is 11.8 Å². The maximum Gasteiger partial charge on any atom is 0.328 e. The van der Waals surface area contributed by atoms with Gasteiger partial charge in [-0.25, -0.2) is 23.3 Å². The normalized spacial score (nSPS) is 12.3. The van der Waals surface area contributed by atoms with E-state index >= 15 is 0 Å². The zero-order valence-electron chi connectivity index (χ0n) is 19.3. The van der Waals surface area contributed by atoms with E-state index in [1.54, 1.807) is 29.3 Å². The van der Waals surface area contributed by atoms with E-state index in [0.717, 1.165) is 38.8 Å². The molecule has 0 bridgehead atoms. The average Bonchev–Trinajstić information content (AvgIpc) is 3.47. The molecule has 10 heteroatoms. The third-order valence-electron chi connectivity index (χ3n) is 6.55. The largest absolute Gasteiger partial charge is 0.360 e. The van der Waals surface area contributed by atoms with Crippen molar-refractivity contribution in [3.63, 3.8) is 0 Å². The van der Waals surface area contributed by atoms with Crippen molar-refractivity contribution in [3.05, 3.63) is 76.8 Å². The zero-order chi connectivity index (χ0) is 24.6. The van der Waals surface area contributed by atoms with Gasteiger partial charge in [0, 0.05) is 42.4 Å². The highest BCUT2D eigenvalue weighted by Gasteiger charge is 2.20. The summed E-state index contributed by atoms with van der Waals surface area (Å²) in [6, 6.07) is 16.5. The van der Waals surface area contributed by atoms with Crippen molar-refractivity contribution < 1.29 is 8.42 Å². The minimum absolute atomic E-state index is 0.000408. The molecular formula is C25H22N6O3S. The lowest BCUT2D eigenvalue weighted by Crippen LogP contribution is -2.19. The predicted molar refractivity (Wildman–Crippen MR) is 136 cm³/mol. The van der Waals surface area contributed by atoms with Crippen LogP contribution in [0.3, 0.4) is 0 Å². The summed E-state index contributed by atoms with van der Waals surface area (Å²) in [7, 11) is -0.461. The van der Waals surface area contributed by atoms with E-state index in [1.165, 1.54) is 12.1 Å². The first-order valence-electron chi connectivity index (χ1n) is 10.9. The summed E-state index contributed by atoms with van der Waals surface area (Å²) in [5.41, 5.74) is 6.34. The third kappa shape index (κ3) is 3.14. The van der Waals surface area contributed by atoms with Crippen LogP contribution in [0.15, 0.2) is 70.5 Å². The first-order valence-corrected chi connectivity index (χ1v) is 12.5. The van der Waals surface area contributed by atoms with Crippen LogP contribution < -0.4 is 10.8 Å². The number of nitrogens with two attached hydrogens (primary N) is 1.